The van der Waals surface area contributed by atoms with E-state index in [2.05, 4.69) is 0 Å². The topological polar surface area (TPSA) is 74.0 Å². The fourth-order valence-corrected chi connectivity index (χ4v) is 2.07. The standard InChI is InChI=1S/C14H22N2O4/c1-5-16(6-2)12(17)9-15(4)8-11-7-10(3)13(20-11)14(18)19/h7H,5-6,8-9H2,1-4H3,(H,18,19). The molecular weight excluding hydrogens is 260 g/mol. The number of hydrogen-bond donors (Lipinski definition) is 1. The molecule has 1 N–H and O–H groups in total. The number of hydrogen-bond acceptors (Lipinski definition) is 4. The second-order valence-electron chi connectivity index (χ2n) is 4.77. The molecule has 112 valence electrons. The highest BCUT2D eigenvalue weighted by Gasteiger charge is 2.17. The van der Waals surface area contributed by atoms with E-state index in [4.69, 9.17) is 9.52 Å². The maximum atomic E-state index is 11.9. The van der Waals surface area contributed by atoms with Crippen molar-refractivity contribution in [2.24, 2.45) is 0 Å². The van der Waals surface area contributed by atoms with E-state index in [0.29, 0.717) is 31.0 Å². The third kappa shape index (κ3) is 4.09. The van der Waals surface area contributed by atoms with Gasteiger partial charge in [0.1, 0.15) is 5.76 Å². The normalized spacial score (nSPS) is 10.8. The van der Waals surface area contributed by atoms with Crippen LogP contribution in [0.4, 0.5) is 0 Å². The van der Waals surface area contributed by atoms with Gasteiger partial charge in [-0.25, -0.2) is 4.79 Å². The Kier molecular flexibility index (Phi) is 5.76. The van der Waals surface area contributed by atoms with Gasteiger partial charge in [0.25, 0.3) is 0 Å². The minimum atomic E-state index is -1.07. The zero-order valence-corrected chi connectivity index (χ0v) is 12.5. The Balaban J connectivity index is 2.62. The van der Waals surface area contributed by atoms with E-state index < -0.39 is 5.97 Å². The van der Waals surface area contributed by atoms with Gasteiger partial charge < -0.3 is 14.4 Å². The van der Waals surface area contributed by atoms with Crippen LogP contribution in [-0.2, 0) is 11.3 Å². The van der Waals surface area contributed by atoms with Crippen molar-refractivity contribution in [3.63, 3.8) is 0 Å². The number of nitrogens with zero attached hydrogens (tertiary/aromatic N) is 2. The second-order valence-corrected chi connectivity index (χ2v) is 4.77. The third-order valence-corrected chi connectivity index (χ3v) is 3.11. The summed E-state index contributed by atoms with van der Waals surface area (Å²) in [5.74, 6) is -0.506. The fraction of sp³-hybridized carbons (Fsp3) is 0.571. The number of rotatable bonds is 7. The quantitative estimate of drug-likeness (QED) is 0.822. The number of carboxylic acids is 1. The molecule has 0 radical (unpaired) electrons. The van der Waals surface area contributed by atoms with Gasteiger partial charge in [0.15, 0.2) is 0 Å². The van der Waals surface area contributed by atoms with Crippen molar-refractivity contribution in [1.29, 1.82) is 0 Å². The predicted molar refractivity (Wildman–Crippen MR) is 74.7 cm³/mol. The second kappa shape index (κ2) is 7.09. The maximum Gasteiger partial charge on any atom is 0.372 e. The number of carbonyl (C=O) groups excluding carboxylic acids is 1. The van der Waals surface area contributed by atoms with E-state index in [1.165, 1.54) is 0 Å². The molecule has 0 aliphatic carbocycles. The van der Waals surface area contributed by atoms with Crippen molar-refractivity contribution >= 4 is 11.9 Å². The molecule has 1 amide bonds. The Morgan fingerprint density at radius 3 is 2.35 bits per heavy atom. The number of furan rings is 1. The smallest absolute Gasteiger partial charge is 0.372 e. The Hall–Kier alpha value is -1.82. The number of aromatic carboxylic acids is 1. The van der Waals surface area contributed by atoms with Crippen molar-refractivity contribution in [1.82, 2.24) is 9.80 Å². The van der Waals surface area contributed by atoms with Crippen LogP contribution in [0.5, 0.6) is 0 Å². The largest absolute Gasteiger partial charge is 0.475 e. The molecule has 0 unspecified atom stereocenters. The Morgan fingerprint density at radius 1 is 1.30 bits per heavy atom. The minimum absolute atomic E-state index is 0.0385. The van der Waals surface area contributed by atoms with Gasteiger partial charge in [0.05, 0.1) is 13.1 Å². The van der Waals surface area contributed by atoms with Gasteiger partial charge in [-0.1, -0.05) is 0 Å². The first-order valence-electron chi connectivity index (χ1n) is 6.67. The molecule has 0 aromatic carbocycles. The summed E-state index contributed by atoms with van der Waals surface area (Å²) in [6, 6.07) is 1.70. The summed E-state index contributed by atoms with van der Waals surface area (Å²) < 4.78 is 5.28. The van der Waals surface area contributed by atoms with Gasteiger partial charge in [-0.2, -0.15) is 0 Å². The SMILES string of the molecule is CCN(CC)C(=O)CN(C)Cc1cc(C)c(C(=O)O)o1. The summed E-state index contributed by atoms with van der Waals surface area (Å²) in [7, 11) is 1.81. The molecule has 1 rings (SSSR count). The molecule has 6 heteroatoms. The van der Waals surface area contributed by atoms with Gasteiger partial charge >= 0.3 is 5.97 Å². The van der Waals surface area contributed by atoms with Crippen molar-refractivity contribution < 1.29 is 19.1 Å². The van der Waals surface area contributed by atoms with E-state index in [1.807, 2.05) is 18.7 Å². The molecule has 0 aliphatic heterocycles. The van der Waals surface area contributed by atoms with E-state index >= 15 is 0 Å². The highest BCUT2D eigenvalue weighted by molar-refractivity contribution is 5.86. The summed E-state index contributed by atoms with van der Waals surface area (Å²) in [4.78, 5) is 26.4. The summed E-state index contributed by atoms with van der Waals surface area (Å²) in [5.41, 5.74) is 0.593. The zero-order valence-electron chi connectivity index (χ0n) is 12.5. The average Bonchev–Trinajstić information content (AvgIpc) is 2.71. The first-order valence-corrected chi connectivity index (χ1v) is 6.67. The zero-order chi connectivity index (χ0) is 15.3. The first-order chi connectivity index (χ1) is 9.38. The Morgan fingerprint density at radius 2 is 1.90 bits per heavy atom. The summed E-state index contributed by atoms with van der Waals surface area (Å²) in [6.45, 7) is 7.63. The van der Waals surface area contributed by atoms with Crippen molar-refractivity contribution in [2.45, 2.75) is 27.3 Å². The lowest BCUT2D eigenvalue weighted by Crippen LogP contribution is -2.38. The highest BCUT2D eigenvalue weighted by atomic mass is 16.4. The van der Waals surface area contributed by atoms with E-state index in [0.717, 1.165) is 0 Å². The lowest BCUT2D eigenvalue weighted by molar-refractivity contribution is -0.131. The van der Waals surface area contributed by atoms with Crippen LogP contribution in [0.15, 0.2) is 10.5 Å². The monoisotopic (exact) mass is 282 g/mol. The van der Waals surface area contributed by atoms with Gasteiger partial charge in [-0.15, -0.1) is 0 Å². The Labute approximate surface area is 119 Å². The van der Waals surface area contributed by atoms with Gasteiger partial charge in [0.2, 0.25) is 11.7 Å². The van der Waals surface area contributed by atoms with Crippen molar-refractivity contribution in [2.75, 3.05) is 26.7 Å². The van der Waals surface area contributed by atoms with E-state index in [-0.39, 0.29) is 18.2 Å². The molecule has 0 saturated heterocycles. The first kappa shape index (κ1) is 16.2. The van der Waals surface area contributed by atoms with E-state index in [9.17, 15) is 9.59 Å². The molecule has 0 bridgehead atoms. The summed E-state index contributed by atoms with van der Waals surface area (Å²) in [5, 5.41) is 8.93. The number of carbonyl (C=O) groups is 2. The molecule has 0 aliphatic rings. The average molecular weight is 282 g/mol. The molecule has 20 heavy (non-hydrogen) atoms. The molecule has 0 fully saturated rings. The maximum absolute atomic E-state index is 11.9. The molecule has 1 aromatic heterocycles. The Bertz CT molecular complexity index is 478. The third-order valence-electron chi connectivity index (χ3n) is 3.11. The molecule has 6 nitrogen and oxygen atoms in total. The number of carboxylic acid groups (broad SMARTS) is 1. The van der Waals surface area contributed by atoms with Crippen LogP contribution in [0.3, 0.4) is 0 Å². The summed E-state index contributed by atoms with van der Waals surface area (Å²) >= 11 is 0. The van der Waals surface area contributed by atoms with Gasteiger partial charge in [-0.05, 0) is 33.9 Å². The van der Waals surface area contributed by atoms with Crippen LogP contribution in [0, 0.1) is 6.92 Å². The minimum Gasteiger partial charge on any atom is -0.475 e. The van der Waals surface area contributed by atoms with Crippen LogP contribution < -0.4 is 0 Å². The molecule has 0 atom stereocenters. The van der Waals surface area contributed by atoms with Crippen LogP contribution in [0.1, 0.15) is 35.7 Å². The molecular formula is C14H22N2O4. The van der Waals surface area contributed by atoms with Gasteiger partial charge in [-0.3, -0.25) is 9.69 Å². The van der Waals surface area contributed by atoms with Crippen molar-refractivity contribution in [3.8, 4) is 0 Å². The van der Waals surface area contributed by atoms with E-state index in [1.54, 1.807) is 24.9 Å². The van der Waals surface area contributed by atoms with Crippen LogP contribution in [-0.4, -0.2) is 53.5 Å². The predicted octanol–water partition coefficient (Wildman–Crippen LogP) is 1.59. The molecule has 1 aromatic rings. The molecule has 0 saturated carbocycles. The molecule has 1 heterocycles. The van der Waals surface area contributed by atoms with Gasteiger partial charge in [0, 0.05) is 18.7 Å². The van der Waals surface area contributed by atoms with Crippen LogP contribution in [0.25, 0.3) is 0 Å². The number of aryl methyl sites for hydroxylation is 1. The summed E-state index contributed by atoms with van der Waals surface area (Å²) in [6.07, 6.45) is 0. The lowest BCUT2D eigenvalue weighted by Gasteiger charge is -2.22. The highest BCUT2D eigenvalue weighted by Crippen LogP contribution is 2.15. The lowest BCUT2D eigenvalue weighted by atomic mass is 10.2. The van der Waals surface area contributed by atoms with Crippen molar-refractivity contribution in [3.05, 3.63) is 23.2 Å². The van der Waals surface area contributed by atoms with Crippen LogP contribution in [0.2, 0.25) is 0 Å². The fourth-order valence-electron chi connectivity index (χ4n) is 2.07. The van der Waals surface area contributed by atoms with Crippen LogP contribution >= 0.6 is 0 Å². The number of likely N-dealkylation sites (N-methyl/N-ethyl adjacent to an activating group) is 2. The molecule has 0 spiro atoms. The number of amides is 1.